The largest absolute Gasteiger partial charge is 0.264 e. The molecular weight excluding hydrogens is 96.0 g/mol. The van der Waals surface area contributed by atoms with Crippen LogP contribution in [0.1, 0.15) is 0 Å². The van der Waals surface area contributed by atoms with Crippen molar-refractivity contribution in [3.05, 3.63) is 0 Å². The van der Waals surface area contributed by atoms with Gasteiger partial charge in [0.05, 0.1) is 14.2 Å². The van der Waals surface area contributed by atoms with Crippen molar-refractivity contribution in [3.8, 4) is 0 Å². The molecule has 1 N–H and O–H groups in total. The summed E-state index contributed by atoms with van der Waals surface area (Å²) >= 11 is 0. The molecule has 44 valence electrons. The molecule has 0 fully saturated rings. The van der Waals surface area contributed by atoms with E-state index in [-0.39, 0.29) is 0 Å². The van der Waals surface area contributed by atoms with E-state index in [2.05, 4.69) is 15.1 Å². The normalized spacial score (nSPS) is 10.3. The van der Waals surface area contributed by atoms with Gasteiger partial charge in [0.15, 0.2) is 0 Å². The molecule has 0 saturated carbocycles. The molecule has 0 spiro atoms. The number of hydrogen-bond donors (Lipinski definition) is 1. The Bertz CT molecular complexity index is 32.4. The van der Waals surface area contributed by atoms with Crippen LogP contribution in [0.4, 0.5) is 0 Å². The number of nitrogens with one attached hydrogen (secondary N) is 1. The van der Waals surface area contributed by atoms with Gasteiger partial charge in [-0.15, -0.1) is 0 Å². The van der Waals surface area contributed by atoms with Crippen LogP contribution in [0.3, 0.4) is 0 Å². The highest BCUT2D eigenvalue weighted by Crippen LogP contribution is 1.74. The highest BCUT2D eigenvalue weighted by Gasteiger charge is 1.89. The van der Waals surface area contributed by atoms with Crippen molar-refractivity contribution >= 4 is 0 Å². The third-order valence-corrected chi connectivity index (χ3v) is 0.514. The molecule has 7 heavy (non-hydrogen) atoms. The molecule has 0 aliphatic rings. The minimum atomic E-state index is 1.12. The number of nitrogens with zero attached hydrogens (tertiary/aromatic N) is 1. The third kappa shape index (κ3) is 2.52. The van der Waals surface area contributed by atoms with Crippen LogP contribution >= 0.6 is 0 Å². The summed E-state index contributed by atoms with van der Waals surface area (Å²) in [5.74, 6) is 0. The SMILES string of the molecule is CNN(OC)OC. The topological polar surface area (TPSA) is 33.7 Å². The second-order valence-electron chi connectivity index (χ2n) is 0.846. The van der Waals surface area contributed by atoms with Crippen LogP contribution in [-0.2, 0) is 9.68 Å². The van der Waals surface area contributed by atoms with Crippen molar-refractivity contribution in [1.82, 2.24) is 10.8 Å². The van der Waals surface area contributed by atoms with Crippen molar-refractivity contribution in [1.29, 1.82) is 0 Å². The summed E-state index contributed by atoms with van der Waals surface area (Å²) in [6.07, 6.45) is 0. The average molecular weight is 106 g/mol. The Morgan fingerprint density at radius 3 is 1.71 bits per heavy atom. The van der Waals surface area contributed by atoms with Crippen molar-refractivity contribution in [2.75, 3.05) is 21.3 Å². The summed E-state index contributed by atoms with van der Waals surface area (Å²) < 4.78 is 0. The first-order chi connectivity index (χ1) is 3.35. The predicted molar refractivity (Wildman–Crippen MR) is 24.9 cm³/mol. The van der Waals surface area contributed by atoms with Gasteiger partial charge in [-0.1, -0.05) is 0 Å². The molecule has 4 nitrogen and oxygen atoms in total. The highest BCUT2D eigenvalue weighted by atomic mass is 17.0. The zero-order valence-electron chi connectivity index (χ0n) is 4.76. The van der Waals surface area contributed by atoms with Gasteiger partial charge in [0.25, 0.3) is 0 Å². The van der Waals surface area contributed by atoms with E-state index in [9.17, 15) is 0 Å². The Hall–Kier alpha value is -0.160. The fraction of sp³-hybridized carbons (Fsp3) is 1.00. The molecule has 0 aliphatic carbocycles. The number of hydrogen-bond acceptors (Lipinski definition) is 4. The van der Waals surface area contributed by atoms with E-state index in [0.717, 1.165) is 5.34 Å². The summed E-state index contributed by atoms with van der Waals surface area (Å²) in [4.78, 5) is 9.10. The maximum absolute atomic E-state index is 4.55. The smallest absolute Gasteiger partial charge is 0.0616 e. The lowest BCUT2D eigenvalue weighted by atomic mass is 11.5. The fourth-order valence-electron chi connectivity index (χ4n) is 0.257. The molecule has 0 aliphatic heterocycles. The number of rotatable bonds is 3. The second-order valence-corrected chi connectivity index (χ2v) is 0.846. The molecule has 0 radical (unpaired) electrons. The molecule has 0 amide bonds. The van der Waals surface area contributed by atoms with Gasteiger partial charge >= 0.3 is 0 Å². The third-order valence-electron chi connectivity index (χ3n) is 0.514. The van der Waals surface area contributed by atoms with E-state index in [1.54, 1.807) is 7.05 Å². The summed E-state index contributed by atoms with van der Waals surface area (Å²) in [5, 5.41) is 1.12. The van der Waals surface area contributed by atoms with Gasteiger partial charge in [-0.2, -0.15) is 0 Å². The van der Waals surface area contributed by atoms with Crippen molar-refractivity contribution in [2.45, 2.75) is 0 Å². The molecule has 0 saturated heterocycles. The molecule has 0 heterocycles. The van der Waals surface area contributed by atoms with Gasteiger partial charge in [-0.3, -0.25) is 9.68 Å². The van der Waals surface area contributed by atoms with Gasteiger partial charge in [0.1, 0.15) is 0 Å². The highest BCUT2D eigenvalue weighted by molar-refractivity contribution is 3.94. The average Bonchev–Trinajstić information content (AvgIpc) is 1.72. The second kappa shape index (κ2) is 4.01. The Balaban J connectivity index is 2.99. The summed E-state index contributed by atoms with van der Waals surface area (Å²) in [6, 6.07) is 0. The van der Waals surface area contributed by atoms with Gasteiger partial charge < -0.3 is 0 Å². The van der Waals surface area contributed by atoms with Crippen LogP contribution in [0.15, 0.2) is 0 Å². The van der Waals surface area contributed by atoms with Crippen LogP contribution in [0.5, 0.6) is 0 Å². The minimum absolute atomic E-state index is 1.12. The van der Waals surface area contributed by atoms with Crippen molar-refractivity contribution in [3.63, 3.8) is 0 Å². The van der Waals surface area contributed by atoms with Crippen LogP contribution in [0.2, 0.25) is 0 Å². The zero-order valence-corrected chi connectivity index (χ0v) is 4.76. The van der Waals surface area contributed by atoms with Crippen LogP contribution in [0, 0.1) is 0 Å². The van der Waals surface area contributed by atoms with E-state index >= 15 is 0 Å². The molecule has 0 bridgehead atoms. The first kappa shape index (κ1) is 6.84. The maximum Gasteiger partial charge on any atom is 0.0616 e. The lowest BCUT2D eigenvalue weighted by Gasteiger charge is -2.12. The molecule has 0 aromatic heterocycles. The molecule has 0 rings (SSSR count). The summed E-state index contributed by atoms with van der Waals surface area (Å²) in [6.45, 7) is 0. The molecule has 0 aromatic carbocycles. The molecule has 4 heteroatoms. The molecule has 0 unspecified atom stereocenters. The van der Waals surface area contributed by atoms with E-state index in [0.29, 0.717) is 0 Å². The van der Waals surface area contributed by atoms with Crippen LogP contribution in [-0.4, -0.2) is 26.6 Å². The molecule has 0 atom stereocenters. The van der Waals surface area contributed by atoms with E-state index in [4.69, 9.17) is 0 Å². The van der Waals surface area contributed by atoms with Crippen LogP contribution < -0.4 is 5.43 Å². The van der Waals surface area contributed by atoms with Gasteiger partial charge in [0, 0.05) is 12.4 Å². The van der Waals surface area contributed by atoms with Crippen molar-refractivity contribution < 1.29 is 9.68 Å². The summed E-state index contributed by atoms with van der Waals surface area (Å²) in [5.41, 5.74) is 2.59. The number of hydrazine groups is 1. The van der Waals surface area contributed by atoms with Crippen LogP contribution in [0.25, 0.3) is 0 Å². The Labute approximate surface area is 42.9 Å². The van der Waals surface area contributed by atoms with Crippen molar-refractivity contribution in [2.24, 2.45) is 0 Å². The quantitative estimate of drug-likeness (QED) is 0.494. The summed E-state index contributed by atoms with van der Waals surface area (Å²) in [7, 11) is 4.69. The van der Waals surface area contributed by atoms with Gasteiger partial charge in [-0.05, 0) is 0 Å². The molecular formula is C3H10N2O2. The van der Waals surface area contributed by atoms with Gasteiger partial charge in [-0.25, -0.2) is 5.43 Å². The first-order valence-electron chi connectivity index (χ1n) is 1.91. The Kier molecular flexibility index (Phi) is 3.92. The minimum Gasteiger partial charge on any atom is -0.264 e. The Morgan fingerprint density at radius 2 is 1.71 bits per heavy atom. The van der Waals surface area contributed by atoms with E-state index in [1.165, 1.54) is 14.2 Å². The lowest BCUT2D eigenvalue weighted by molar-refractivity contribution is -0.370. The fourth-order valence-corrected chi connectivity index (χ4v) is 0.257. The first-order valence-corrected chi connectivity index (χ1v) is 1.91. The molecule has 0 aromatic rings. The van der Waals surface area contributed by atoms with Gasteiger partial charge in [0.2, 0.25) is 0 Å². The predicted octanol–water partition coefficient (Wildman–Crippen LogP) is -0.454. The van der Waals surface area contributed by atoms with E-state index < -0.39 is 0 Å². The standard InChI is InChI=1S/C3H10N2O2/c1-4-5(6-2)7-3/h4H,1-3H3. The zero-order chi connectivity index (χ0) is 5.70. The monoisotopic (exact) mass is 106 g/mol. The maximum atomic E-state index is 4.55. The Morgan fingerprint density at radius 1 is 1.29 bits per heavy atom. The van der Waals surface area contributed by atoms with E-state index in [1.807, 2.05) is 0 Å². The lowest BCUT2D eigenvalue weighted by Crippen LogP contribution is -2.32.